The van der Waals surface area contributed by atoms with E-state index in [1.165, 1.54) is 0 Å². The summed E-state index contributed by atoms with van der Waals surface area (Å²) in [6.45, 7) is 1.52. The zero-order chi connectivity index (χ0) is 19.3. The molecule has 0 aliphatic heterocycles. The molecule has 4 N–H and O–H groups in total. The molecule has 0 aliphatic carbocycles. The second kappa shape index (κ2) is 8.18. The molecule has 0 amide bonds. The number of unbranched alkanes of at least 4 members (excludes halogenated alkanes) is 3. The molecule has 0 unspecified atom stereocenters. The Kier molecular flexibility index (Phi) is 5.29. The van der Waals surface area contributed by atoms with E-state index in [1.807, 2.05) is 42.6 Å². The minimum absolute atomic E-state index is 0.230. The fraction of sp³-hybridized carbons (Fsp3) is 0.300. The van der Waals surface area contributed by atoms with E-state index < -0.39 is 0 Å². The van der Waals surface area contributed by atoms with Gasteiger partial charge >= 0.3 is 0 Å². The van der Waals surface area contributed by atoms with Crippen LogP contribution in [-0.4, -0.2) is 31.4 Å². The summed E-state index contributed by atoms with van der Waals surface area (Å²) in [6, 6.07) is 12.0. The molecule has 0 fully saturated rings. The number of aryl methyl sites for hydroxylation is 1. The van der Waals surface area contributed by atoms with Crippen LogP contribution in [0.2, 0.25) is 0 Å². The molecule has 0 saturated heterocycles. The average molecular weight is 377 g/mol. The van der Waals surface area contributed by atoms with Crippen LogP contribution in [0.4, 0.5) is 5.82 Å². The van der Waals surface area contributed by atoms with Crippen molar-refractivity contribution in [3.05, 3.63) is 42.6 Å². The number of benzene rings is 1. The first-order valence-electron chi connectivity index (χ1n) is 9.48. The molecule has 0 bridgehead atoms. The third-order valence-corrected chi connectivity index (χ3v) is 4.78. The minimum atomic E-state index is 0.230. The van der Waals surface area contributed by atoms with Gasteiger partial charge in [-0.1, -0.05) is 43.2 Å². The number of hydrogen-bond donors (Lipinski definition) is 2. The van der Waals surface area contributed by atoms with Gasteiger partial charge < -0.3 is 16.0 Å². The SMILES string of the molecule is NCCCCCCn1c(-c2nonc2N)nc2c(-c3ccccc3)nccc21. The number of nitrogens with zero attached hydrogens (tertiary/aromatic N) is 5. The van der Waals surface area contributed by atoms with Crippen molar-refractivity contribution in [1.29, 1.82) is 0 Å². The Morgan fingerprint density at radius 3 is 2.50 bits per heavy atom. The number of hydrogen-bond acceptors (Lipinski definition) is 7. The van der Waals surface area contributed by atoms with E-state index in [0.29, 0.717) is 11.5 Å². The third kappa shape index (κ3) is 3.46. The lowest BCUT2D eigenvalue weighted by Gasteiger charge is -2.08. The quantitative estimate of drug-likeness (QED) is 0.452. The lowest BCUT2D eigenvalue weighted by molar-refractivity contribution is 0.310. The maximum Gasteiger partial charge on any atom is 0.199 e. The van der Waals surface area contributed by atoms with Crippen LogP contribution < -0.4 is 11.5 Å². The van der Waals surface area contributed by atoms with Crippen molar-refractivity contribution in [3.8, 4) is 22.8 Å². The molecule has 28 heavy (non-hydrogen) atoms. The zero-order valence-corrected chi connectivity index (χ0v) is 15.6. The predicted octanol–water partition coefficient (Wildman–Crippen LogP) is 3.25. The molecular weight excluding hydrogens is 354 g/mol. The Bertz CT molecular complexity index is 1060. The highest BCUT2D eigenvalue weighted by Gasteiger charge is 2.21. The van der Waals surface area contributed by atoms with Crippen molar-refractivity contribution in [2.45, 2.75) is 32.2 Å². The Labute approximate surface area is 162 Å². The van der Waals surface area contributed by atoms with Gasteiger partial charge in [-0.2, -0.15) is 0 Å². The van der Waals surface area contributed by atoms with E-state index in [2.05, 4.69) is 19.9 Å². The van der Waals surface area contributed by atoms with Gasteiger partial charge in [0.2, 0.25) is 0 Å². The maximum absolute atomic E-state index is 5.96. The molecule has 4 rings (SSSR count). The topological polar surface area (TPSA) is 122 Å². The first-order valence-corrected chi connectivity index (χ1v) is 9.48. The van der Waals surface area contributed by atoms with E-state index in [4.69, 9.17) is 21.1 Å². The number of nitrogens with two attached hydrogens (primary N) is 2. The van der Waals surface area contributed by atoms with Crippen LogP contribution in [0.15, 0.2) is 47.2 Å². The minimum Gasteiger partial charge on any atom is -0.379 e. The van der Waals surface area contributed by atoms with Gasteiger partial charge in [-0.05, 0) is 35.8 Å². The van der Waals surface area contributed by atoms with E-state index in [0.717, 1.165) is 61.1 Å². The second-order valence-corrected chi connectivity index (χ2v) is 6.68. The lowest BCUT2D eigenvalue weighted by atomic mass is 10.1. The molecule has 3 heterocycles. The summed E-state index contributed by atoms with van der Waals surface area (Å²) in [5.74, 6) is 0.881. The van der Waals surface area contributed by atoms with Gasteiger partial charge in [-0.3, -0.25) is 4.98 Å². The lowest BCUT2D eigenvalue weighted by Crippen LogP contribution is -2.03. The van der Waals surface area contributed by atoms with Crippen LogP contribution in [0.3, 0.4) is 0 Å². The smallest absolute Gasteiger partial charge is 0.199 e. The van der Waals surface area contributed by atoms with Crippen LogP contribution >= 0.6 is 0 Å². The predicted molar refractivity (Wildman–Crippen MR) is 108 cm³/mol. The summed E-state index contributed by atoms with van der Waals surface area (Å²) in [4.78, 5) is 9.42. The van der Waals surface area contributed by atoms with E-state index in [9.17, 15) is 0 Å². The van der Waals surface area contributed by atoms with Gasteiger partial charge in [0, 0.05) is 18.3 Å². The molecule has 0 saturated carbocycles. The number of rotatable bonds is 8. The normalized spacial score (nSPS) is 11.3. The molecule has 144 valence electrons. The fourth-order valence-corrected chi connectivity index (χ4v) is 3.38. The Morgan fingerprint density at radius 1 is 0.929 bits per heavy atom. The standard InChI is InChI=1S/C20H23N7O/c21-11-6-1-2-7-13-27-15-10-12-23-16(14-8-4-3-5-9-14)17(15)24-20(27)18-19(22)26-28-25-18/h3-5,8-10,12H,1-2,6-7,11,13,21H2,(H2,22,26). The van der Waals surface area contributed by atoms with Gasteiger partial charge in [0.1, 0.15) is 5.52 Å². The van der Waals surface area contributed by atoms with Crippen molar-refractivity contribution >= 4 is 16.9 Å². The molecule has 0 atom stereocenters. The maximum atomic E-state index is 5.96. The van der Waals surface area contributed by atoms with Crippen molar-refractivity contribution < 1.29 is 4.63 Å². The van der Waals surface area contributed by atoms with Gasteiger partial charge in [0.05, 0.1) is 11.2 Å². The van der Waals surface area contributed by atoms with Crippen molar-refractivity contribution in [3.63, 3.8) is 0 Å². The Hall–Kier alpha value is -3.26. The number of aromatic nitrogens is 5. The van der Waals surface area contributed by atoms with Crippen LogP contribution in [0, 0.1) is 0 Å². The number of imidazole rings is 1. The van der Waals surface area contributed by atoms with Crippen LogP contribution in [0.1, 0.15) is 25.7 Å². The summed E-state index contributed by atoms with van der Waals surface area (Å²) in [6.07, 6.45) is 6.07. The summed E-state index contributed by atoms with van der Waals surface area (Å²) < 4.78 is 6.94. The number of nitrogen functional groups attached to an aromatic ring is 1. The summed E-state index contributed by atoms with van der Waals surface area (Å²) in [5.41, 5.74) is 15.7. The number of fused-ring (bicyclic) bond motifs is 1. The van der Waals surface area contributed by atoms with E-state index in [-0.39, 0.29) is 5.82 Å². The number of pyridine rings is 1. The molecule has 3 aromatic heterocycles. The highest BCUT2D eigenvalue weighted by Crippen LogP contribution is 2.31. The Balaban J connectivity index is 1.79. The molecule has 4 aromatic rings. The first-order chi connectivity index (χ1) is 13.8. The first kappa shape index (κ1) is 18.1. The summed E-state index contributed by atoms with van der Waals surface area (Å²) in [7, 11) is 0. The summed E-state index contributed by atoms with van der Waals surface area (Å²) in [5, 5.41) is 7.69. The molecule has 0 aliphatic rings. The monoisotopic (exact) mass is 377 g/mol. The molecule has 8 heteroatoms. The average Bonchev–Trinajstić information content (AvgIpc) is 3.31. The van der Waals surface area contributed by atoms with Gasteiger partial charge in [-0.15, -0.1) is 0 Å². The van der Waals surface area contributed by atoms with Gasteiger partial charge in [0.25, 0.3) is 0 Å². The molecule has 1 aromatic carbocycles. The van der Waals surface area contributed by atoms with Gasteiger partial charge in [0.15, 0.2) is 17.3 Å². The highest BCUT2D eigenvalue weighted by atomic mass is 16.6. The third-order valence-electron chi connectivity index (χ3n) is 4.78. The van der Waals surface area contributed by atoms with Crippen LogP contribution in [0.25, 0.3) is 33.8 Å². The van der Waals surface area contributed by atoms with E-state index >= 15 is 0 Å². The largest absolute Gasteiger partial charge is 0.379 e. The fourth-order valence-electron chi connectivity index (χ4n) is 3.38. The van der Waals surface area contributed by atoms with Crippen LogP contribution in [0.5, 0.6) is 0 Å². The second-order valence-electron chi connectivity index (χ2n) is 6.68. The highest BCUT2D eigenvalue weighted by molar-refractivity contribution is 5.92. The molecule has 0 radical (unpaired) electrons. The van der Waals surface area contributed by atoms with E-state index in [1.54, 1.807) is 0 Å². The molecule has 0 spiro atoms. The van der Waals surface area contributed by atoms with Crippen molar-refractivity contribution in [2.24, 2.45) is 5.73 Å². The Morgan fingerprint density at radius 2 is 1.75 bits per heavy atom. The van der Waals surface area contributed by atoms with Gasteiger partial charge in [-0.25, -0.2) is 9.61 Å². The zero-order valence-electron chi connectivity index (χ0n) is 15.6. The summed E-state index contributed by atoms with van der Waals surface area (Å²) >= 11 is 0. The number of anilines is 1. The van der Waals surface area contributed by atoms with Crippen molar-refractivity contribution in [2.75, 3.05) is 12.3 Å². The van der Waals surface area contributed by atoms with Crippen molar-refractivity contribution in [1.82, 2.24) is 24.8 Å². The van der Waals surface area contributed by atoms with Crippen LogP contribution in [-0.2, 0) is 6.54 Å². The molecular formula is C20H23N7O. The molecule has 8 nitrogen and oxygen atoms in total.